The summed E-state index contributed by atoms with van der Waals surface area (Å²) in [7, 11) is 2.22. The molecule has 28 heavy (non-hydrogen) atoms. The molecule has 1 aromatic rings. The van der Waals surface area contributed by atoms with Gasteiger partial charge in [0.1, 0.15) is 0 Å². The highest BCUT2D eigenvalue weighted by molar-refractivity contribution is 5.25. The van der Waals surface area contributed by atoms with Crippen molar-refractivity contribution in [1.82, 2.24) is 24.7 Å². The number of aromatic nitrogens is 2. The topological polar surface area (TPSA) is 67.8 Å². The average molecular weight is 391 g/mol. The van der Waals surface area contributed by atoms with Gasteiger partial charge in [0, 0.05) is 75.9 Å². The number of anilines is 1. The molecule has 0 radical (unpaired) electrons. The van der Waals surface area contributed by atoms with Gasteiger partial charge >= 0.3 is 0 Å². The van der Waals surface area contributed by atoms with Crippen LogP contribution in [0.5, 0.6) is 0 Å². The number of piperazine rings is 1. The Bertz CT molecular complexity index is 573. The molecule has 158 valence electrons. The van der Waals surface area contributed by atoms with Gasteiger partial charge in [0.25, 0.3) is 0 Å². The van der Waals surface area contributed by atoms with Crippen LogP contribution in [0.3, 0.4) is 0 Å². The van der Waals surface area contributed by atoms with Crippen LogP contribution in [-0.2, 0) is 6.54 Å². The van der Waals surface area contributed by atoms with Crippen molar-refractivity contribution in [1.29, 1.82) is 0 Å². The molecule has 2 aliphatic rings. The standard InChI is InChI=1S/C21H38N6O/c1-17(2)24-21-22-13-18(14-23-21)15-26-7-6-20(19(16-26)5-4-12-28)27-10-8-25(3)9-11-27/h13-14,17,19-20,28H,4-12,15-16H2,1-3H3,(H,22,23,24)/t19-,20+/m0/s1. The van der Waals surface area contributed by atoms with Crippen molar-refractivity contribution in [2.75, 3.05) is 58.2 Å². The van der Waals surface area contributed by atoms with E-state index in [9.17, 15) is 5.11 Å². The molecule has 2 saturated heterocycles. The Kier molecular flexibility index (Phi) is 8.02. The summed E-state index contributed by atoms with van der Waals surface area (Å²) in [6.07, 6.45) is 7.13. The third-order valence-electron chi connectivity index (χ3n) is 6.05. The van der Waals surface area contributed by atoms with Gasteiger partial charge in [-0.05, 0) is 52.6 Å². The zero-order valence-corrected chi connectivity index (χ0v) is 17.8. The minimum Gasteiger partial charge on any atom is -0.396 e. The molecule has 1 aromatic heterocycles. The number of hydrogen-bond acceptors (Lipinski definition) is 7. The summed E-state index contributed by atoms with van der Waals surface area (Å²) >= 11 is 0. The lowest BCUT2D eigenvalue weighted by Gasteiger charge is -2.46. The fraction of sp³-hybridized carbons (Fsp3) is 0.810. The summed E-state index contributed by atoms with van der Waals surface area (Å²) in [6, 6.07) is 0.997. The Morgan fingerprint density at radius 3 is 2.50 bits per heavy atom. The number of rotatable bonds is 8. The van der Waals surface area contributed by atoms with Crippen LogP contribution in [0, 0.1) is 5.92 Å². The summed E-state index contributed by atoms with van der Waals surface area (Å²) < 4.78 is 0. The maximum absolute atomic E-state index is 9.36. The van der Waals surface area contributed by atoms with Gasteiger partial charge in [-0.15, -0.1) is 0 Å². The first-order chi connectivity index (χ1) is 13.5. The van der Waals surface area contributed by atoms with Crippen LogP contribution in [0.15, 0.2) is 12.4 Å². The van der Waals surface area contributed by atoms with Crippen LogP contribution in [0.2, 0.25) is 0 Å². The van der Waals surface area contributed by atoms with E-state index < -0.39 is 0 Å². The normalized spacial score (nSPS) is 25.3. The van der Waals surface area contributed by atoms with Crippen molar-refractivity contribution in [3.05, 3.63) is 18.0 Å². The molecular weight excluding hydrogens is 352 g/mol. The van der Waals surface area contributed by atoms with Crippen LogP contribution in [-0.4, -0.2) is 94.8 Å². The first-order valence-corrected chi connectivity index (χ1v) is 10.9. The highest BCUT2D eigenvalue weighted by atomic mass is 16.2. The lowest BCUT2D eigenvalue weighted by atomic mass is 9.86. The Labute approximate surface area is 170 Å². The maximum Gasteiger partial charge on any atom is 0.222 e. The third-order valence-corrected chi connectivity index (χ3v) is 6.05. The molecule has 7 nitrogen and oxygen atoms in total. The molecule has 0 aliphatic carbocycles. The predicted molar refractivity (Wildman–Crippen MR) is 113 cm³/mol. The summed E-state index contributed by atoms with van der Waals surface area (Å²) in [5.41, 5.74) is 1.17. The second kappa shape index (κ2) is 10.5. The largest absolute Gasteiger partial charge is 0.396 e. The Hall–Kier alpha value is -1.28. The third kappa shape index (κ3) is 6.11. The van der Waals surface area contributed by atoms with E-state index >= 15 is 0 Å². The quantitative estimate of drug-likeness (QED) is 0.697. The number of hydrogen-bond donors (Lipinski definition) is 2. The van der Waals surface area contributed by atoms with Gasteiger partial charge in [0.05, 0.1) is 0 Å². The molecular formula is C21H38N6O. The van der Waals surface area contributed by atoms with E-state index in [1.807, 2.05) is 12.4 Å². The molecule has 0 spiro atoms. The van der Waals surface area contributed by atoms with Crippen molar-refractivity contribution >= 4 is 5.95 Å². The van der Waals surface area contributed by atoms with E-state index in [0.29, 0.717) is 30.6 Å². The maximum atomic E-state index is 9.36. The Balaban J connectivity index is 1.57. The van der Waals surface area contributed by atoms with Crippen molar-refractivity contribution in [2.45, 2.75) is 51.7 Å². The van der Waals surface area contributed by atoms with Crippen molar-refractivity contribution in [3.63, 3.8) is 0 Å². The molecule has 3 rings (SSSR count). The lowest BCUT2D eigenvalue weighted by molar-refractivity contribution is 0.0211. The number of likely N-dealkylation sites (N-methyl/N-ethyl adjacent to an activating group) is 1. The molecule has 7 heteroatoms. The molecule has 2 aliphatic heterocycles. The zero-order chi connectivity index (χ0) is 19.9. The SMILES string of the molecule is CC(C)Nc1ncc(CN2CC[C@@H](N3CCN(C)CC3)[C@@H](CCCO)C2)cn1. The molecule has 3 heterocycles. The minimum atomic E-state index is 0.296. The van der Waals surface area contributed by atoms with Gasteiger partial charge in [0.15, 0.2) is 0 Å². The van der Waals surface area contributed by atoms with Crippen LogP contribution in [0.4, 0.5) is 5.95 Å². The van der Waals surface area contributed by atoms with E-state index in [4.69, 9.17) is 0 Å². The van der Waals surface area contributed by atoms with E-state index in [-0.39, 0.29) is 0 Å². The molecule has 0 aromatic carbocycles. The smallest absolute Gasteiger partial charge is 0.222 e. The molecule has 0 unspecified atom stereocenters. The monoisotopic (exact) mass is 390 g/mol. The number of aliphatic hydroxyl groups is 1. The summed E-state index contributed by atoms with van der Waals surface area (Å²) in [6.45, 7) is 12.3. The van der Waals surface area contributed by atoms with Gasteiger partial charge in [-0.2, -0.15) is 0 Å². The average Bonchev–Trinajstić information content (AvgIpc) is 2.68. The van der Waals surface area contributed by atoms with E-state index in [1.165, 1.54) is 38.2 Å². The highest BCUT2D eigenvalue weighted by Gasteiger charge is 2.34. The zero-order valence-electron chi connectivity index (χ0n) is 17.8. The first-order valence-electron chi connectivity index (χ1n) is 10.9. The highest BCUT2D eigenvalue weighted by Crippen LogP contribution is 2.28. The van der Waals surface area contributed by atoms with Gasteiger partial charge in [-0.25, -0.2) is 9.97 Å². The minimum absolute atomic E-state index is 0.296. The number of piperidine rings is 1. The molecule has 0 amide bonds. The second-order valence-corrected chi connectivity index (χ2v) is 8.77. The Morgan fingerprint density at radius 1 is 1.14 bits per heavy atom. The molecule has 2 fully saturated rings. The summed E-state index contributed by atoms with van der Waals surface area (Å²) in [4.78, 5) is 16.6. The summed E-state index contributed by atoms with van der Waals surface area (Å²) in [5, 5.41) is 12.6. The van der Waals surface area contributed by atoms with Crippen molar-refractivity contribution in [3.8, 4) is 0 Å². The number of aliphatic hydroxyl groups excluding tert-OH is 1. The van der Waals surface area contributed by atoms with Gasteiger partial charge in [-0.1, -0.05) is 0 Å². The molecule has 2 N–H and O–H groups in total. The van der Waals surface area contributed by atoms with Crippen molar-refractivity contribution < 1.29 is 5.11 Å². The fourth-order valence-corrected chi connectivity index (χ4v) is 4.54. The van der Waals surface area contributed by atoms with Crippen LogP contribution in [0.25, 0.3) is 0 Å². The molecule has 0 bridgehead atoms. The van der Waals surface area contributed by atoms with Crippen LogP contribution < -0.4 is 5.32 Å². The van der Waals surface area contributed by atoms with Crippen LogP contribution >= 0.6 is 0 Å². The van der Waals surface area contributed by atoms with E-state index in [0.717, 1.165) is 32.5 Å². The molecule has 2 atom stereocenters. The van der Waals surface area contributed by atoms with E-state index in [2.05, 4.69) is 50.9 Å². The van der Waals surface area contributed by atoms with Gasteiger partial charge in [0.2, 0.25) is 5.95 Å². The number of nitrogens with zero attached hydrogens (tertiary/aromatic N) is 5. The second-order valence-electron chi connectivity index (χ2n) is 8.77. The van der Waals surface area contributed by atoms with Gasteiger partial charge in [-0.3, -0.25) is 9.80 Å². The van der Waals surface area contributed by atoms with Crippen LogP contribution in [0.1, 0.15) is 38.7 Å². The van der Waals surface area contributed by atoms with Crippen molar-refractivity contribution in [2.24, 2.45) is 5.92 Å². The fourth-order valence-electron chi connectivity index (χ4n) is 4.54. The number of likely N-dealkylation sites (tertiary alicyclic amines) is 1. The lowest BCUT2D eigenvalue weighted by Crippen LogP contribution is -2.56. The molecule has 0 saturated carbocycles. The van der Waals surface area contributed by atoms with Gasteiger partial charge < -0.3 is 15.3 Å². The first kappa shape index (κ1) is 21.4. The Morgan fingerprint density at radius 2 is 1.86 bits per heavy atom. The van der Waals surface area contributed by atoms with E-state index in [1.54, 1.807) is 0 Å². The number of nitrogens with one attached hydrogen (secondary N) is 1. The summed E-state index contributed by atoms with van der Waals surface area (Å²) in [5.74, 6) is 1.33. The predicted octanol–water partition coefficient (Wildman–Crippen LogP) is 1.51.